The predicted molar refractivity (Wildman–Crippen MR) is 482 cm³/mol. The number of benzene rings is 8. The number of nitrogens with zero attached hydrogens (tertiary/aromatic N) is 3. The molecule has 0 spiro atoms. The number of carboxylic acids is 1. The van der Waals surface area contributed by atoms with Gasteiger partial charge in [0.25, 0.3) is 0 Å². The Hall–Kier alpha value is -8.60. The number of rotatable bonds is 33. The summed E-state index contributed by atoms with van der Waals surface area (Å²) in [5.41, 5.74) is 13.5. The minimum absolute atomic E-state index is 0.00677. The summed E-state index contributed by atoms with van der Waals surface area (Å²) in [4.78, 5) is 54.7. The summed E-state index contributed by atoms with van der Waals surface area (Å²) in [6.45, 7) is 26.5. The SMILES string of the molecule is CCN(CC)CC.Cc1cc(C)c(C(C)(C)CC(=O)NC[C@H]2CN(c3ccc(C4CCS(=O)(=O)CC4)c(F)c3)C(=O)O2)c(OP(=O)(OCc2ccccc2)OCc2ccccc2)c1.Cc1cc(C)c(C(C)(C)CC(=O)O)c(OP(=O)(OCc2ccccc2)OCc2ccccc2)c1.NC[C@H]1CN(c2ccc(C3CCS(=O)(=O)CC3)c(F)c2)C(=O)O1.O=BPCl. The Morgan fingerprint density at radius 3 is 1.19 bits per heavy atom. The standard InChI is InChI=1S/C42H48FN2O9PS.C27H31O6P.C15H19FN2O4S.C6H15N.BClHOP/c1-29-21-30(2)40(38(22-29)54-55(48,51-27-31-11-7-5-8-12-31)52-28-32-13-9-6-10-14-32)42(3,4)24-39(46)44-25-35-26-45(41(47)53-35)34-15-16-36(37(43)23-34)33-17-19-56(49,50)20-18-33;1-20-15-21(2)26(27(3,4)17-25(28)29)24(16-20)33-34(30,31-18-22-11-7-5-8-12-22)32-19-23-13-9-6-10-14-23;16-14-7-11(18-9-12(8-17)22-15(18)19)1-2-13(14)10-3-5-23(20,21)6-4-10;1-4-7(5-2)6-3;2-4-1-3/h5-16,21-23,33,35H,17-20,24-28H2,1-4H3,(H,44,46);5-16H,17-19H2,1-4H3,(H,28,29);1-2,7,10,12H,3-6,8-9,17H2;4-6H2,1-3H3;4H/t35-;;12-;;/m0.0../s1. The molecule has 4 saturated heterocycles. The van der Waals surface area contributed by atoms with Crippen molar-refractivity contribution in [3.63, 3.8) is 0 Å². The van der Waals surface area contributed by atoms with Crippen LogP contribution in [-0.2, 0) is 108 Å². The van der Waals surface area contributed by atoms with Crippen LogP contribution in [0, 0.1) is 39.3 Å². The van der Waals surface area contributed by atoms with Gasteiger partial charge in [-0.2, -0.15) is 0 Å². The molecule has 3 atom stereocenters. The van der Waals surface area contributed by atoms with Gasteiger partial charge in [-0.25, -0.2) is 44.3 Å². The number of cyclic esters (lactones) is 2. The molecule has 0 saturated carbocycles. The number of nitrogens with one attached hydrogen (secondary N) is 1. The number of aryl methyl sites for hydroxylation is 4. The van der Waals surface area contributed by atoms with Crippen molar-refractivity contribution < 1.29 is 100 Å². The van der Waals surface area contributed by atoms with Crippen molar-refractivity contribution >= 4 is 96.7 Å². The van der Waals surface area contributed by atoms with Crippen LogP contribution in [0.25, 0.3) is 0 Å². The number of phosphoric ester groups is 2. The average Bonchev–Trinajstić information content (AvgIpc) is 1.30. The summed E-state index contributed by atoms with van der Waals surface area (Å²) in [7, 11) is -14.4. The van der Waals surface area contributed by atoms with Gasteiger partial charge in [0, 0.05) is 34.9 Å². The van der Waals surface area contributed by atoms with Crippen LogP contribution in [0.3, 0.4) is 0 Å². The van der Waals surface area contributed by atoms with Crippen LogP contribution in [0.4, 0.5) is 29.7 Å². The summed E-state index contributed by atoms with van der Waals surface area (Å²) < 4.78 is 160. The number of hydrogen-bond acceptors (Lipinski definition) is 21. The second kappa shape index (κ2) is 47.3. The normalized spacial score (nSPS) is 16.5. The van der Waals surface area contributed by atoms with E-state index >= 15 is 4.39 Å². The van der Waals surface area contributed by atoms with Gasteiger partial charge in [0.1, 0.15) is 55.0 Å². The average molecular weight is 1830 g/mol. The van der Waals surface area contributed by atoms with E-state index in [1.165, 1.54) is 41.6 Å². The Kier molecular flexibility index (Phi) is 38.4. The Labute approximate surface area is 734 Å². The van der Waals surface area contributed by atoms with Crippen molar-refractivity contribution in [2.24, 2.45) is 5.73 Å². The zero-order valence-corrected chi connectivity index (χ0v) is 77.2. The van der Waals surface area contributed by atoms with Crippen molar-refractivity contribution in [3.05, 3.63) is 260 Å². The van der Waals surface area contributed by atoms with Gasteiger partial charge in [-0.05, 0) is 177 Å². The van der Waals surface area contributed by atoms with Crippen LogP contribution < -0.4 is 29.9 Å². The fourth-order valence-corrected chi connectivity index (χ4v) is 20.5. The summed E-state index contributed by atoms with van der Waals surface area (Å²) in [6, 6.07) is 53.8. The summed E-state index contributed by atoms with van der Waals surface area (Å²) >= 11 is 4.85. The first-order valence-electron chi connectivity index (χ1n) is 41.1. The molecule has 4 aliphatic rings. The first-order valence-corrected chi connectivity index (χ1v) is 49.7. The van der Waals surface area contributed by atoms with Crippen molar-refractivity contribution in [3.8, 4) is 11.5 Å². The molecule has 1 unspecified atom stereocenters. The Balaban J connectivity index is 0.000000236. The van der Waals surface area contributed by atoms with Gasteiger partial charge in [0.05, 0.1) is 86.9 Å². The van der Waals surface area contributed by atoms with E-state index in [4.69, 9.17) is 58.3 Å². The zero-order chi connectivity index (χ0) is 90.6. The number of carboxylic acid groups (broad SMARTS) is 1. The second-order valence-electron chi connectivity index (χ2n) is 31.9. The number of aliphatic carboxylic acids is 1. The molecule has 4 N–H and O–H groups in total. The van der Waals surface area contributed by atoms with Crippen molar-refractivity contribution in [1.82, 2.24) is 10.2 Å². The van der Waals surface area contributed by atoms with Gasteiger partial charge in [0.2, 0.25) is 5.91 Å². The number of ether oxygens (including phenoxy) is 2. The maximum atomic E-state index is 15.2. The Bertz CT molecular complexity index is 5100. The summed E-state index contributed by atoms with van der Waals surface area (Å²) in [5, 5.41) is 12.3. The molecule has 12 rings (SSSR count). The molecule has 0 aromatic heterocycles. The van der Waals surface area contributed by atoms with Gasteiger partial charge >= 0.3 is 64.4 Å². The van der Waals surface area contributed by atoms with Gasteiger partial charge in [-0.1, -0.05) is 194 Å². The molecule has 8 aromatic rings. The third-order valence-electron chi connectivity index (χ3n) is 21.3. The summed E-state index contributed by atoms with van der Waals surface area (Å²) in [6.07, 6.45) is -0.799. The van der Waals surface area contributed by atoms with Crippen molar-refractivity contribution in [1.29, 1.82) is 0 Å². The van der Waals surface area contributed by atoms with E-state index < -0.39 is 82.0 Å². The molecule has 0 bridgehead atoms. The number of phosphoric acid groups is 2. The van der Waals surface area contributed by atoms with Crippen LogP contribution in [0.2, 0.25) is 0 Å². The maximum absolute atomic E-state index is 15.2. The first kappa shape index (κ1) is 101. The van der Waals surface area contributed by atoms with Gasteiger partial charge in [0.15, 0.2) is 0 Å². The molecule has 0 radical (unpaired) electrons. The molecule has 8 aromatic carbocycles. The number of hydrogen-bond donors (Lipinski definition) is 3. The zero-order valence-electron chi connectivity index (χ0n) is 72.0. The van der Waals surface area contributed by atoms with Crippen LogP contribution >= 0.6 is 34.7 Å². The molecule has 25 nitrogen and oxygen atoms in total. The molecule has 34 heteroatoms. The van der Waals surface area contributed by atoms with Crippen LogP contribution in [0.1, 0.15) is 166 Å². The third-order valence-corrected chi connectivity index (χ3v) is 27.7. The molecule has 670 valence electrons. The monoisotopic (exact) mass is 1830 g/mol. The fraction of sp³-hybridized carbons (Fsp3) is 0.422. The molecular formula is C90H114BClF2N5O20P3S2. The number of anilines is 2. The van der Waals surface area contributed by atoms with Crippen LogP contribution in [0.5, 0.6) is 11.5 Å². The molecule has 124 heavy (non-hydrogen) atoms. The molecule has 4 fully saturated rings. The number of nitrogens with two attached hydrogens (primary N) is 1. The van der Waals surface area contributed by atoms with E-state index in [2.05, 4.69) is 31.0 Å². The molecule has 3 amide bonds. The molecule has 0 aliphatic carbocycles. The molecule has 4 aliphatic heterocycles. The van der Waals surface area contributed by atoms with Gasteiger partial charge in [-0.15, -0.1) is 0 Å². The third kappa shape index (κ3) is 30.9. The number of carbonyl (C=O) groups is 4. The second-order valence-corrected chi connectivity index (χ2v) is 40.8. The van der Waals surface area contributed by atoms with E-state index in [0.29, 0.717) is 78.5 Å². The number of amides is 3. The van der Waals surface area contributed by atoms with Crippen molar-refractivity contribution in [2.75, 3.05) is 78.6 Å². The van der Waals surface area contributed by atoms with Crippen LogP contribution in [0.15, 0.2) is 182 Å². The molecular weight excluding hydrogens is 1710 g/mol. The van der Waals surface area contributed by atoms with E-state index in [0.717, 1.165) is 44.5 Å². The topological polar surface area (TPSA) is 330 Å². The van der Waals surface area contributed by atoms with E-state index in [9.17, 15) is 54.6 Å². The van der Waals surface area contributed by atoms with Gasteiger partial charge in [-0.3, -0.25) is 37.5 Å². The summed E-state index contributed by atoms with van der Waals surface area (Å²) in [5.74, 6) is -1.67. The Morgan fingerprint density at radius 2 is 0.887 bits per heavy atom. The number of halogens is 3. The fourth-order valence-electron chi connectivity index (χ4n) is 15.1. The van der Waals surface area contributed by atoms with Gasteiger partial charge < -0.3 is 39.6 Å². The quantitative estimate of drug-likeness (QED) is 0.0254. The number of sulfone groups is 2. The first-order chi connectivity index (χ1) is 58.8. The Morgan fingerprint density at radius 1 is 0.556 bits per heavy atom. The van der Waals surface area contributed by atoms with E-state index in [-0.39, 0.29) is 119 Å². The van der Waals surface area contributed by atoms with Crippen molar-refractivity contribution in [2.45, 2.75) is 176 Å². The number of carbonyl (C=O) groups excluding carboxylic acids is 3. The van der Waals surface area contributed by atoms with E-state index in [1.54, 1.807) is 36.4 Å². The van der Waals surface area contributed by atoms with Crippen LogP contribution in [-0.4, -0.2) is 139 Å². The predicted octanol–water partition coefficient (Wildman–Crippen LogP) is 19.0. The van der Waals surface area contributed by atoms with E-state index in [1.807, 2.05) is 189 Å². The minimum atomic E-state index is -4.22. The molecule has 4 heterocycles.